The Bertz CT molecular complexity index is 328. The Balaban J connectivity index is 2.67. The van der Waals surface area contributed by atoms with Crippen LogP contribution in [0.2, 0.25) is 0 Å². The topological polar surface area (TPSA) is 64.1 Å². The van der Waals surface area contributed by atoms with Gasteiger partial charge in [-0.2, -0.15) is 0 Å². The first-order chi connectivity index (χ1) is 7.27. The maximum Gasteiger partial charge on any atom is 0.270 e. The molecule has 82 valence electrons. The van der Waals surface area contributed by atoms with Gasteiger partial charge in [-0.1, -0.05) is 6.92 Å². The normalized spacial score (nSPS) is 9.73. The summed E-state index contributed by atoms with van der Waals surface area (Å²) in [5, 5.41) is 2.73. The fraction of sp³-hybridized carbons (Fsp3) is 0.500. The lowest BCUT2D eigenvalue weighted by atomic mass is 10.3. The summed E-state index contributed by atoms with van der Waals surface area (Å²) in [5.74, 6) is 0.231. The molecule has 0 radical (unpaired) electrons. The maximum absolute atomic E-state index is 11.5. The molecule has 0 unspecified atom stereocenters. The summed E-state index contributed by atoms with van der Waals surface area (Å²) in [5.41, 5.74) is 0.335. The Labute approximate surface area is 88.9 Å². The molecule has 0 aromatic carbocycles. The average molecular weight is 209 g/mol. The predicted octanol–water partition coefficient (Wildman–Crippen LogP) is 1.02. The minimum atomic E-state index is -0.194. The number of nitrogens with zero attached hydrogens (tertiary/aromatic N) is 2. The van der Waals surface area contributed by atoms with Crippen LogP contribution in [0.25, 0.3) is 0 Å². The van der Waals surface area contributed by atoms with Crippen molar-refractivity contribution in [2.24, 2.45) is 0 Å². The summed E-state index contributed by atoms with van der Waals surface area (Å²) in [6.45, 7) is 5.02. The second-order valence-electron chi connectivity index (χ2n) is 2.93. The van der Waals surface area contributed by atoms with Crippen molar-refractivity contribution in [2.45, 2.75) is 20.3 Å². The van der Waals surface area contributed by atoms with E-state index in [0.29, 0.717) is 24.7 Å². The fourth-order valence-electron chi connectivity index (χ4n) is 1.02. The van der Waals surface area contributed by atoms with Gasteiger partial charge in [-0.05, 0) is 13.3 Å². The molecule has 1 aromatic rings. The molecule has 0 atom stereocenters. The average Bonchev–Trinajstić information content (AvgIpc) is 2.27. The Morgan fingerprint density at radius 1 is 1.47 bits per heavy atom. The van der Waals surface area contributed by atoms with Crippen molar-refractivity contribution in [3.63, 3.8) is 0 Å². The number of carbonyl (C=O) groups is 1. The molecule has 0 bridgehead atoms. The number of aromatic nitrogens is 2. The summed E-state index contributed by atoms with van der Waals surface area (Å²) < 4.78 is 5.17. The number of hydrogen-bond acceptors (Lipinski definition) is 4. The number of hydrogen-bond donors (Lipinski definition) is 1. The molecule has 5 nitrogen and oxygen atoms in total. The summed E-state index contributed by atoms with van der Waals surface area (Å²) >= 11 is 0. The molecule has 1 heterocycles. The first-order valence-electron chi connectivity index (χ1n) is 5.01. The number of ether oxygens (including phenoxy) is 1. The number of nitrogens with one attached hydrogen (secondary N) is 1. The van der Waals surface area contributed by atoms with Crippen molar-refractivity contribution in [3.8, 4) is 5.88 Å². The molecule has 1 aromatic heterocycles. The molecule has 15 heavy (non-hydrogen) atoms. The van der Waals surface area contributed by atoms with E-state index in [4.69, 9.17) is 4.74 Å². The Hall–Kier alpha value is -1.65. The lowest BCUT2D eigenvalue weighted by Crippen LogP contribution is -2.25. The summed E-state index contributed by atoms with van der Waals surface area (Å²) in [6.07, 6.45) is 2.22. The molecular weight excluding hydrogens is 194 g/mol. The van der Waals surface area contributed by atoms with E-state index < -0.39 is 0 Å². The van der Waals surface area contributed by atoms with Gasteiger partial charge in [0, 0.05) is 12.6 Å². The van der Waals surface area contributed by atoms with Gasteiger partial charge in [0.25, 0.3) is 5.91 Å². The van der Waals surface area contributed by atoms with Crippen LogP contribution in [0, 0.1) is 0 Å². The maximum atomic E-state index is 11.5. The van der Waals surface area contributed by atoms with Crippen molar-refractivity contribution in [3.05, 3.63) is 18.1 Å². The molecule has 1 rings (SSSR count). The van der Waals surface area contributed by atoms with E-state index in [1.807, 2.05) is 13.8 Å². The van der Waals surface area contributed by atoms with E-state index in [0.717, 1.165) is 6.42 Å². The SMILES string of the molecule is CCCNC(=O)c1cc(OCC)ncn1. The quantitative estimate of drug-likeness (QED) is 0.786. The second kappa shape index (κ2) is 5.95. The first-order valence-corrected chi connectivity index (χ1v) is 5.01. The van der Waals surface area contributed by atoms with Crippen molar-refractivity contribution < 1.29 is 9.53 Å². The zero-order chi connectivity index (χ0) is 11.1. The third-order valence-electron chi connectivity index (χ3n) is 1.70. The highest BCUT2D eigenvalue weighted by atomic mass is 16.5. The van der Waals surface area contributed by atoms with Crippen LogP contribution in [-0.2, 0) is 0 Å². The van der Waals surface area contributed by atoms with E-state index in [1.54, 1.807) is 0 Å². The molecule has 0 saturated carbocycles. The van der Waals surface area contributed by atoms with Gasteiger partial charge in [0.2, 0.25) is 5.88 Å². The van der Waals surface area contributed by atoms with Gasteiger partial charge >= 0.3 is 0 Å². The smallest absolute Gasteiger partial charge is 0.270 e. The predicted molar refractivity (Wildman–Crippen MR) is 55.8 cm³/mol. The molecular formula is C10H15N3O2. The van der Waals surface area contributed by atoms with Crippen LogP contribution in [0.15, 0.2) is 12.4 Å². The Kier molecular flexibility index (Phi) is 4.53. The molecule has 0 aliphatic heterocycles. The van der Waals surface area contributed by atoms with Crippen LogP contribution in [0.4, 0.5) is 0 Å². The third-order valence-corrected chi connectivity index (χ3v) is 1.70. The van der Waals surface area contributed by atoms with E-state index in [2.05, 4.69) is 15.3 Å². The number of rotatable bonds is 5. The minimum Gasteiger partial charge on any atom is -0.478 e. The summed E-state index contributed by atoms with van der Waals surface area (Å²) in [7, 11) is 0. The van der Waals surface area contributed by atoms with Gasteiger partial charge < -0.3 is 10.1 Å². The molecule has 0 saturated heterocycles. The van der Waals surface area contributed by atoms with Gasteiger partial charge in [0.1, 0.15) is 12.0 Å². The first kappa shape index (κ1) is 11.4. The monoisotopic (exact) mass is 209 g/mol. The lowest BCUT2D eigenvalue weighted by molar-refractivity contribution is 0.0948. The van der Waals surface area contributed by atoms with Crippen molar-refractivity contribution in [2.75, 3.05) is 13.2 Å². The van der Waals surface area contributed by atoms with Crippen LogP contribution in [0.1, 0.15) is 30.8 Å². The summed E-state index contributed by atoms with van der Waals surface area (Å²) in [4.78, 5) is 19.3. The van der Waals surface area contributed by atoms with E-state index in [9.17, 15) is 4.79 Å². The zero-order valence-electron chi connectivity index (χ0n) is 8.99. The van der Waals surface area contributed by atoms with E-state index >= 15 is 0 Å². The lowest BCUT2D eigenvalue weighted by Gasteiger charge is -2.04. The third kappa shape index (κ3) is 3.53. The highest BCUT2D eigenvalue weighted by Crippen LogP contribution is 2.06. The molecule has 0 fully saturated rings. The second-order valence-corrected chi connectivity index (χ2v) is 2.93. The molecule has 0 spiro atoms. The largest absolute Gasteiger partial charge is 0.478 e. The molecule has 0 aliphatic rings. The van der Waals surface area contributed by atoms with Crippen LogP contribution in [0.3, 0.4) is 0 Å². The van der Waals surface area contributed by atoms with Gasteiger partial charge in [0.05, 0.1) is 6.61 Å². The van der Waals surface area contributed by atoms with Gasteiger partial charge in [-0.3, -0.25) is 4.79 Å². The van der Waals surface area contributed by atoms with E-state index in [-0.39, 0.29) is 5.91 Å². The van der Waals surface area contributed by atoms with Gasteiger partial charge in [-0.25, -0.2) is 9.97 Å². The zero-order valence-corrected chi connectivity index (χ0v) is 8.99. The van der Waals surface area contributed by atoms with Gasteiger partial charge in [-0.15, -0.1) is 0 Å². The number of amides is 1. The van der Waals surface area contributed by atoms with Crippen LogP contribution in [-0.4, -0.2) is 29.0 Å². The Morgan fingerprint density at radius 3 is 2.93 bits per heavy atom. The van der Waals surface area contributed by atoms with E-state index in [1.165, 1.54) is 12.4 Å². The number of carbonyl (C=O) groups excluding carboxylic acids is 1. The fourth-order valence-corrected chi connectivity index (χ4v) is 1.02. The molecule has 5 heteroatoms. The van der Waals surface area contributed by atoms with Gasteiger partial charge in [0.15, 0.2) is 0 Å². The highest BCUT2D eigenvalue weighted by Gasteiger charge is 2.07. The van der Waals surface area contributed by atoms with Crippen molar-refractivity contribution >= 4 is 5.91 Å². The minimum absolute atomic E-state index is 0.194. The highest BCUT2D eigenvalue weighted by molar-refractivity contribution is 5.92. The van der Waals surface area contributed by atoms with Crippen molar-refractivity contribution in [1.82, 2.24) is 15.3 Å². The molecule has 0 aliphatic carbocycles. The van der Waals surface area contributed by atoms with Crippen LogP contribution < -0.4 is 10.1 Å². The van der Waals surface area contributed by atoms with Crippen LogP contribution in [0.5, 0.6) is 5.88 Å². The van der Waals surface area contributed by atoms with Crippen LogP contribution >= 0.6 is 0 Å². The Morgan fingerprint density at radius 2 is 2.27 bits per heavy atom. The molecule has 1 amide bonds. The molecule has 1 N–H and O–H groups in total. The van der Waals surface area contributed by atoms with Crippen molar-refractivity contribution in [1.29, 1.82) is 0 Å². The standard InChI is InChI=1S/C10H15N3O2/c1-3-5-11-10(14)8-6-9(15-4-2)13-7-12-8/h6-7H,3-5H2,1-2H3,(H,11,14). The summed E-state index contributed by atoms with van der Waals surface area (Å²) in [6, 6.07) is 1.54.